The molecule has 1 heterocycles. The van der Waals surface area contributed by atoms with Crippen LogP contribution in [0.1, 0.15) is 0 Å². The number of halogens is 2. The van der Waals surface area contributed by atoms with Crippen molar-refractivity contribution in [3.63, 3.8) is 0 Å². The number of anilines is 1. The zero-order valence-corrected chi connectivity index (χ0v) is 8.88. The fraction of sp³-hybridized carbons (Fsp3) is 0.444. The molecule has 0 aromatic carbocycles. The van der Waals surface area contributed by atoms with Gasteiger partial charge in [-0.2, -0.15) is 0 Å². The van der Waals surface area contributed by atoms with Gasteiger partial charge in [0, 0.05) is 26.9 Å². The van der Waals surface area contributed by atoms with E-state index in [0.717, 1.165) is 0 Å². The lowest BCUT2D eigenvalue weighted by atomic mass is 10.4. The van der Waals surface area contributed by atoms with E-state index in [1.165, 1.54) is 12.3 Å². The Morgan fingerprint density at radius 2 is 2.36 bits per heavy atom. The molecular formula is C9H12ClFN2O. The van der Waals surface area contributed by atoms with Crippen LogP contribution in [0.3, 0.4) is 0 Å². The van der Waals surface area contributed by atoms with Gasteiger partial charge in [0.25, 0.3) is 0 Å². The van der Waals surface area contributed by atoms with Crippen molar-refractivity contribution in [3.8, 4) is 0 Å². The third-order valence-corrected chi connectivity index (χ3v) is 1.99. The summed E-state index contributed by atoms with van der Waals surface area (Å²) in [5.41, 5.74) is 0. The number of nitrogens with zero attached hydrogens (tertiary/aromatic N) is 2. The SMILES string of the molecule is COCCN(C)c1ncc(Cl)cc1F. The Balaban J connectivity index is 2.74. The van der Waals surface area contributed by atoms with Gasteiger partial charge < -0.3 is 9.64 Å². The second-order valence-electron chi connectivity index (χ2n) is 2.87. The second-order valence-corrected chi connectivity index (χ2v) is 3.31. The molecule has 0 saturated carbocycles. The van der Waals surface area contributed by atoms with Crippen LogP contribution in [0.25, 0.3) is 0 Å². The van der Waals surface area contributed by atoms with Crippen LogP contribution in [-0.4, -0.2) is 32.3 Å². The molecular weight excluding hydrogens is 207 g/mol. The van der Waals surface area contributed by atoms with E-state index in [-0.39, 0.29) is 5.82 Å². The molecule has 1 aromatic rings. The first-order valence-electron chi connectivity index (χ1n) is 4.16. The quantitative estimate of drug-likeness (QED) is 0.773. The van der Waals surface area contributed by atoms with Gasteiger partial charge in [-0.15, -0.1) is 0 Å². The van der Waals surface area contributed by atoms with Gasteiger partial charge in [0.15, 0.2) is 11.6 Å². The predicted octanol–water partition coefficient (Wildman–Crippen LogP) is 1.96. The number of methoxy groups -OCH3 is 1. The molecule has 0 aliphatic rings. The number of hydrogen-bond donors (Lipinski definition) is 0. The van der Waals surface area contributed by atoms with Gasteiger partial charge in [-0.05, 0) is 6.07 Å². The molecule has 14 heavy (non-hydrogen) atoms. The van der Waals surface area contributed by atoms with E-state index >= 15 is 0 Å². The van der Waals surface area contributed by atoms with Crippen LogP contribution in [0.15, 0.2) is 12.3 Å². The number of pyridine rings is 1. The van der Waals surface area contributed by atoms with Crippen molar-refractivity contribution in [2.75, 3.05) is 32.2 Å². The normalized spacial score (nSPS) is 10.3. The van der Waals surface area contributed by atoms with Crippen LogP contribution >= 0.6 is 11.6 Å². The summed E-state index contributed by atoms with van der Waals surface area (Å²) in [6, 6.07) is 1.24. The maximum Gasteiger partial charge on any atom is 0.167 e. The lowest BCUT2D eigenvalue weighted by Crippen LogP contribution is -2.24. The van der Waals surface area contributed by atoms with Gasteiger partial charge >= 0.3 is 0 Å². The van der Waals surface area contributed by atoms with Gasteiger partial charge in [-0.1, -0.05) is 11.6 Å². The zero-order chi connectivity index (χ0) is 10.6. The van der Waals surface area contributed by atoms with Crippen LogP contribution in [0.2, 0.25) is 5.02 Å². The predicted molar refractivity (Wildman–Crippen MR) is 54.4 cm³/mol. The highest BCUT2D eigenvalue weighted by Crippen LogP contribution is 2.17. The molecule has 0 unspecified atom stereocenters. The van der Waals surface area contributed by atoms with Crippen LogP contribution in [-0.2, 0) is 4.74 Å². The van der Waals surface area contributed by atoms with Crippen molar-refractivity contribution in [1.29, 1.82) is 0 Å². The first-order valence-corrected chi connectivity index (χ1v) is 4.54. The summed E-state index contributed by atoms with van der Waals surface area (Å²) in [4.78, 5) is 5.57. The second kappa shape index (κ2) is 5.12. The number of hydrogen-bond acceptors (Lipinski definition) is 3. The molecule has 0 saturated heterocycles. The standard InChI is InChI=1S/C9H12ClFN2O/c1-13(3-4-14-2)9-8(11)5-7(10)6-12-9/h5-6H,3-4H2,1-2H3. The maximum absolute atomic E-state index is 13.3. The Bertz CT molecular complexity index is 309. The van der Waals surface area contributed by atoms with Crippen molar-refractivity contribution in [1.82, 2.24) is 4.98 Å². The third-order valence-electron chi connectivity index (χ3n) is 1.78. The number of likely N-dealkylation sites (N-methyl/N-ethyl adjacent to an activating group) is 1. The molecule has 0 radical (unpaired) electrons. The minimum absolute atomic E-state index is 0.284. The lowest BCUT2D eigenvalue weighted by molar-refractivity contribution is 0.206. The number of aromatic nitrogens is 1. The van der Waals surface area contributed by atoms with Crippen LogP contribution < -0.4 is 4.90 Å². The summed E-state index contributed by atoms with van der Waals surface area (Å²) in [5, 5.41) is 0.298. The minimum atomic E-state index is -0.420. The Kier molecular flexibility index (Phi) is 4.10. The number of rotatable bonds is 4. The summed E-state index contributed by atoms with van der Waals surface area (Å²) in [6.45, 7) is 1.11. The highest BCUT2D eigenvalue weighted by Gasteiger charge is 2.08. The fourth-order valence-corrected chi connectivity index (χ4v) is 1.17. The van der Waals surface area contributed by atoms with E-state index in [1.54, 1.807) is 19.1 Å². The molecule has 0 aliphatic carbocycles. The van der Waals surface area contributed by atoms with Gasteiger partial charge in [-0.3, -0.25) is 0 Å². The van der Waals surface area contributed by atoms with Gasteiger partial charge in [0.05, 0.1) is 11.6 Å². The zero-order valence-electron chi connectivity index (χ0n) is 8.13. The maximum atomic E-state index is 13.3. The minimum Gasteiger partial charge on any atom is -0.383 e. The average molecular weight is 219 g/mol. The van der Waals surface area contributed by atoms with Crippen molar-refractivity contribution in [3.05, 3.63) is 23.1 Å². The molecule has 0 amide bonds. The lowest BCUT2D eigenvalue weighted by Gasteiger charge is -2.17. The van der Waals surface area contributed by atoms with Crippen molar-refractivity contribution >= 4 is 17.4 Å². The molecule has 0 N–H and O–H groups in total. The summed E-state index contributed by atoms with van der Waals surface area (Å²) in [6.07, 6.45) is 1.42. The van der Waals surface area contributed by atoms with Crippen molar-refractivity contribution in [2.45, 2.75) is 0 Å². The summed E-state index contributed by atoms with van der Waals surface area (Å²) >= 11 is 5.58. The van der Waals surface area contributed by atoms with E-state index in [9.17, 15) is 4.39 Å². The molecule has 0 atom stereocenters. The molecule has 78 valence electrons. The van der Waals surface area contributed by atoms with E-state index in [2.05, 4.69) is 4.98 Å². The molecule has 0 fully saturated rings. The Morgan fingerprint density at radius 1 is 1.64 bits per heavy atom. The average Bonchev–Trinajstić information content (AvgIpc) is 2.14. The monoisotopic (exact) mass is 218 g/mol. The summed E-state index contributed by atoms with van der Waals surface area (Å²) in [5.74, 6) is -0.137. The van der Waals surface area contributed by atoms with Crippen molar-refractivity contribution < 1.29 is 9.13 Å². The van der Waals surface area contributed by atoms with Crippen LogP contribution in [0.4, 0.5) is 10.2 Å². The van der Waals surface area contributed by atoms with Crippen LogP contribution in [0.5, 0.6) is 0 Å². The third kappa shape index (κ3) is 2.82. The topological polar surface area (TPSA) is 25.4 Å². The van der Waals surface area contributed by atoms with E-state index in [1.807, 2.05) is 0 Å². The van der Waals surface area contributed by atoms with E-state index < -0.39 is 5.82 Å². The molecule has 0 bridgehead atoms. The highest BCUT2D eigenvalue weighted by atomic mass is 35.5. The van der Waals surface area contributed by atoms with Gasteiger partial charge in [-0.25, -0.2) is 9.37 Å². The van der Waals surface area contributed by atoms with Gasteiger partial charge in [0.1, 0.15) is 0 Å². The molecule has 1 aromatic heterocycles. The van der Waals surface area contributed by atoms with Gasteiger partial charge in [0.2, 0.25) is 0 Å². The Morgan fingerprint density at radius 3 is 2.93 bits per heavy atom. The summed E-state index contributed by atoms with van der Waals surface area (Å²) in [7, 11) is 3.35. The summed E-state index contributed by atoms with van der Waals surface area (Å²) < 4.78 is 18.2. The van der Waals surface area contributed by atoms with Crippen LogP contribution in [0, 0.1) is 5.82 Å². The first kappa shape index (κ1) is 11.2. The number of ether oxygens (including phenoxy) is 1. The molecule has 5 heteroatoms. The van der Waals surface area contributed by atoms with Crippen molar-refractivity contribution in [2.24, 2.45) is 0 Å². The largest absolute Gasteiger partial charge is 0.383 e. The molecule has 0 spiro atoms. The molecule has 3 nitrogen and oxygen atoms in total. The highest BCUT2D eigenvalue weighted by molar-refractivity contribution is 6.30. The fourth-order valence-electron chi connectivity index (χ4n) is 1.02. The molecule has 0 aliphatic heterocycles. The van der Waals surface area contributed by atoms with E-state index in [0.29, 0.717) is 18.2 Å². The molecule has 1 rings (SSSR count). The Hall–Kier alpha value is -0.870. The Labute approximate surface area is 87.5 Å². The first-order chi connectivity index (χ1) is 6.65. The van der Waals surface area contributed by atoms with E-state index in [4.69, 9.17) is 16.3 Å². The smallest absolute Gasteiger partial charge is 0.167 e.